The van der Waals surface area contributed by atoms with E-state index in [-0.39, 0.29) is 30.8 Å². The van der Waals surface area contributed by atoms with Crippen molar-refractivity contribution in [1.82, 2.24) is 10.2 Å². The molecule has 2 amide bonds. The molecule has 1 N–H and O–H groups in total. The van der Waals surface area contributed by atoms with E-state index >= 15 is 0 Å². The van der Waals surface area contributed by atoms with Gasteiger partial charge in [0.15, 0.2) is 0 Å². The fourth-order valence-electron chi connectivity index (χ4n) is 2.78. The molecule has 28 heavy (non-hydrogen) atoms. The van der Waals surface area contributed by atoms with Crippen LogP contribution in [0.5, 0.6) is 0 Å². The number of nitrogens with zero attached hydrogens (tertiary/aromatic N) is 1. The van der Waals surface area contributed by atoms with Crippen molar-refractivity contribution in [2.75, 3.05) is 0 Å². The molecule has 0 aliphatic carbocycles. The van der Waals surface area contributed by atoms with E-state index in [1.54, 1.807) is 49.4 Å². The van der Waals surface area contributed by atoms with Crippen LogP contribution < -0.4 is 5.32 Å². The molecule has 4 nitrogen and oxygen atoms in total. The summed E-state index contributed by atoms with van der Waals surface area (Å²) >= 11 is 6.01. The van der Waals surface area contributed by atoms with Gasteiger partial charge in [-0.3, -0.25) is 9.59 Å². The second-order valence-electron chi connectivity index (χ2n) is 6.91. The van der Waals surface area contributed by atoms with Crippen molar-refractivity contribution in [3.63, 3.8) is 0 Å². The Bertz CT molecular complexity index is 828. The third-order valence-corrected chi connectivity index (χ3v) is 4.95. The van der Waals surface area contributed by atoms with Crippen molar-refractivity contribution in [2.24, 2.45) is 0 Å². The first-order valence-electron chi connectivity index (χ1n) is 9.39. The zero-order valence-electron chi connectivity index (χ0n) is 16.4. The Hall–Kier alpha value is -2.40. The van der Waals surface area contributed by atoms with Crippen molar-refractivity contribution in [3.05, 3.63) is 70.5 Å². The van der Waals surface area contributed by atoms with Crippen LogP contribution in [-0.2, 0) is 22.6 Å². The van der Waals surface area contributed by atoms with Gasteiger partial charge in [-0.05, 0) is 44.0 Å². The highest BCUT2D eigenvalue weighted by Crippen LogP contribution is 2.17. The van der Waals surface area contributed by atoms with Gasteiger partial charge < -0.3 is 10.2 Å². The van der Waals surface area contributed by atoms with Gasteiger partial charge in [-0.1, -0.05) is 48.9 Å². The molecule has 0 spiro atoms. The molecule has 0 aliphatic rings. The van der Waals surface area contributed by atoms with E-state index in [0.29, 0.717) is 10.6 Å². The van der Waals surface area contributed by atoms with Gasteiger partial charge in [0, 0.05) is 23.2 Å². The predicted octanol–water partition coefficient (Wildman–Crippen LogP) is 4.35. The minimum absolute atomic E-state index is 0.00621. The van der Waals surface area contributed by atoms with E-state index in [2.05, 4.69) is 5.32 Å². The molecule has 0 radical (unpaired) electrons. The molecule has 0 aromatic heterocycles. The molecule has 2 aromatic carbocycles. The van der Waals surface area contributed by atoms with Crippen LogP contribution >= 0.6 is 11.6 Å². The lowest BCUT2D eigenvalue weighted by atomic mass is 10.1. The van der Waals surface area contributed by atoms with Crippen LogP contribution in [0, 0.1) is 5.82 Å². The number of carbonyl (C=O) groups is 2. The van der Waals surface area contributed by atoms with Crippen molar-refractivity contribution < 1.29 is 14.0 Å². The molecule has 150 valence electrons. The largest absolute Gasteiger partial charge is 0.352 e. The molecule has 0 saturated heterocycles. The minimum Gasteiger partial charge on any atom is -0.352 e. The maximum absolute atomic E-state index is 14.2. The zero-order valence-corrected chi connectivity index (χ0v) is 17.2. The van der Waals surface area contributed by atoms with E-state index in [4.69, 9.17) is 11.6 Å². The highest BCUT2D eigenvalue weighted by molar-refractivity contribution is 6.30. The summed E-state index contributed by atoms with van der Waals surface area (Å²) in [5, 5.41) is 3.43. The molecule has 0 bridgehead atoms. The van der Waals surface area contributed by atoms with E-state index < -0.39 is 11.9 Å². The summed E-state index contributed by atoms with van der Waals surface area (Å²) in [6.45, 7) is 5.55. The van der Waals surface area contributed by atoms with Crippen LogP contribution in [0.1, 0.15) is 38.3 Å². The lowest BCUT2D eigenvalue weighted by Gasteiger charge is -2.30. The average Bonchev–Trinajstić information content (AvgIpc) is 2.66. The number of rotatable bonds is 8. The maximum atomic E-state index is 14.2. The second-order valence-corrected chi connectivity index (χ2v) is 7.35. The maximum Gasteiger partial charge on any atom is 0.242 e. The van der Waals surface area contributed by atoms with Crippen molar-refractivity contribution >= 4 is 23.4 Å². The van der Waals surface area contributed by atoms with E-state index in [1.807, 2.05) is 13.8 Å². The molecule has 6 heteroatoms. The molecule has 0 aliphatic heterocycles. The quantitative estimate of drug-likeness (QED) is 0.710. The lowest BCUT2D eigenvalue weighted by Crippen LogP contribution is -2.50. The van der Waals surface area contributed by atoms with Gasteiger partial charge in [-0.15, -0.1) is 0 Å². The molecule has 0 saturated carbocycles. The molecular weight excluding hydrogens is 379 g/mol. The highest BCUT2D eigenvalue weighted by Gasteiger charge is 2.27. The predicted molar refractivity (Wildman–Crippen MR) is 109 cm³/mol. The van der Waals surface area contributed by atoms with Crippen molar-refractivity contribution in [3.8, 4) is 0 Å². The summed E-state index contributed by atoms with van der Waals surface area (Å²) in [4.78, 5) is 27.1. The zero-order chi connectivity index (χ0) is 20.7. The van der Waals surface area contributed by atoms with Gasteiger partial charge in [0.2, 0.25) is 11.8 Å². The van der Waals surface area contributed by atoms with Crippen LogP contribution in [0.15, 0.2) is 48.5 Å². The monoisotopic (exact) mass is 404 g/mol. The summed E-state index contributed by atoms with van der Waals surface area (Å²) in [5.74, 6) is -0.931. The van der Waals surface area contributed by atoms with E-state index in [9.17, 15) is 14.0 Å². The highest BCUT2D eigenvalue weighted by atomic mass is 35.5. The van der Waals surface area contributed by atoms with Crippen LogP contribution in [0.2, 0.25) is 5.02 Å². The molecule has 2 unspecified atom stereocenters. The number of nitrogens with one attached hydrogen (secondary N) is 1. The molecule has 2 rings (SSSR count). The number of hydrogen-bond donors (Lipinski definition) is 1. The summed E-state index contributed by atoms with van der Waals surface area (Å²) in [6.07, 6.45) is 0.859. The van der Waals surface area contributed by atoms with Gasteiger partial charge in [-0.2, -0.15) is 0 Å². The summed E-state index contributed by atoms with van der Waals surface area (Å²) in [5.41, 5.74) is 1.11. The second kappa shape index (κ2) is 10.2. The van der Waals surface area contributed by atoms with Crippen molar-refractivity contribution in [2.45, 2.75) is 52.2 Å². The fourth-order valence-corrected chi connectivity index (χ4v) is 2.99. The minimum atomic E-state index is -0.736. The Morgan fingerprint density at radius 3 is 2.50 bits per heavy atom. The SMILES string of the molecule is CCC(C)NC(=O)C(C)N(Cc1ccccc1F)C(=O)Cc1cccc(Cl)c1. The standard InChI is InChI=1S/C22H26ClFN2O2/c1-4-15(2)25-22(28)16(3)26(14-18-9-5-6-11-20(18)24)21(27)13-17-8-7-10-19(23)12-17/h5-12,15-16H,4,13-14H2,1-3H3,(H,25,28). The van der Waals surface area contributed by atoms with Gasteiger partial charge >= 0.3 is 0 Å². The third-order valence-electron chi connectivity index (χ3n) is 4.71. The first-order valence-corrected chi connectivity index (χ1v) is 9.77. The lowest BCUT2D eigenvalue weighted by molar-refractivity contribution is -0.140. The summed E-state index contributed by atoms with van der Waals surface area (Å²) in [7, 11) is 0. The fraction of sp³-hybridized carbons (Fsp3) is 0.364. The Morgan fingerprint density at radius 2 is 1.86 bits per heavy atom. The van der Waals surface area contributed by atoms with Crippen LogP contribution in [0.3, 0.4) is 0 Å². The van der Waals surface area contributed by atoms with Gasteiger partial charge in [0.05, 0.1) is 6.42 Å². The number of benzene rings is 2. The number of carbonyl (C=O) groups excluding carboxylic acids is 2. The normalized spacial score (nSPS) is 12.9. The Kier molecular flexibility index (Phi) is 8.00. The molecule has 2 atom stereocenters. The summed E-state index contributed by atoms with van der Waals surface area (Å²) in [6, 6.07) is 12.5. The van der Waals surface area contributed by atoms with Gasteiger partial charge in [0.1, 0.15) is 11.9 Å². The van der Waals surface area contributed by atoms with Gasteiger partial charge in [0.25, 0.3) is 0 Å². The first-order chi connectivity index (χ1) is 13.3. The number of halogens is 2. The topological polar surface area (TPSA) is 49.4 Å². The molecular formula is C22H26ClFN2O2. The molecule has 2 aromatic rings. The summed E-state index contributed by atoms with van der Waals surface area (Å²) < 4.78 is 14.2. The Morgan fingerprint density at radius 1 is 1.14 bits per heavy atom. The van der Waals surface area contributed by atoms with Crippen LogP contribution in [0.25, 0.3) is 0 Å². The smallest absolute Gasteiger partial charge is 0.242 e. The van der Waals surface area contributed by atoms with Gasteiger partial charge in [-0.25, -0.2) is 4.39 Å². The molecule has 0 heterocycles. The van der Waals surface area contributed by atoms with Crippen LogP contribution in [-0.4, -0.2) is 28.8 Å². The van der Waals surface area contributed by atoms with Crippen molar-refractivity contribution in [1.29, 1.82) is 0 Å². The number of amides is 2. The van der Waals surface area contributed by atoms with E-state index in [1.165, 1.54) is 11.0 Å². The third kappa shape index (κ3) is 6.06. The number of hydrogen-bond acceptors (Lipinski definition) is 2. The first kappa shape index (κ1) is 21.9. The molecule has 0 fully saturated rings. The van der Waals surface area contributed by atoms with E-state index in [0.717, 1.165) is 12.0 Å². The Labute approximate surface area is 170 Å². The Balaban J connectivity index is 2.25. The average molecular weight is 405 g/mol. The van der Waals surface area contributed by atoms with Crippen LogP contribution in [0.4, 0.5) is 4.39 Å².